The molecular formula is C14H21N3O. The van der Waals surface area contributed by atoms with Crippen LogP contribution in [0.4, 0.5) is 5.69 Å². The Morgan fingerprint density at radius 3 is 2.89 bits per heavy atom. The van der Waals surface area contributed by atoms with E-state index in [9.17, 15) is 4.79 Å². The van der Waals surface area contributed by atoms with Crippen LogP contribution in [0.3, 0.4) is 0 Å². The van der Waals surface area contributed by atoms with Crippen molar-refractivity contribution < 1.29 is 4.79 Å². The maximum Gasteiger partial charge on any atom is 0.225 e. The number of amides is 1. The zero-order valence-corrected chi connectivity index (χ0v) is 10.6. The third kappa shape index (κ3) is 4.13. The van der Waals surface area contributed by atoms with Crippen molar-refractivity contribution in [3.8, 4) is 0 Å². The summed E-state index contributed by atoms with van der Waals surface area (Å²) in [5.74, 6) is 0.0698. The van der Waals surface area contributed by atoms with Crippen molar-refractivity contribution in [3.63, 3.8) is 0 Å². The lowest BCUT2D eigenvalue weighted by atomic mass is 10.1. The van der Waals surface area contributed by atoms with Gasteiger partial charge in [-0.25, -0.2) is 0 Å². The highest BCUT2D eigenvalue weighted by molar-refractivity contribution is 5.90. The molecule has 4 heteroatoms. The fraction of sp³-hybridized carbons (Fsp3) is 0.500. The van der Waals surface area contributed by atoms with Crippen LogP contribution in [-0.2, 0) is 4.79 Å². The lowest BCUT2D eigenvalue weighted by Crippen LogP contribution is -2.43. The number of para-hydroxylation sites is 1. The smallest absolute Gasteiger partial charge is 0.225 e. The molecule has 0 saturated carbocycles. The standard InChI is InChI=1S/C14H21N3O/c15-12-5-4-9-17(11-12)10-8-14(18)16-13-6-2-1-3-7-13/h1-3,6-7,12H,4-5,8-11,15H2,(H,16,18). The number of anilines is 1. The molecule has 1 aromatic rings. The summed E-state index contributed by atoms with van der Waals surface area (Å²) in [4.78, 5) is 14.0. The summed E-state index contributed by atoms with van der Waals surface area (Å²) in [7, 11) is 0. The van der Waals surface area contributed by atoms with Crippen molar-refractivity contribution in [2.24, 2.45) is 5.73 Å². The Morgan fingerprint density at radius 2 is 2.17 bits per heavy atom. The van der Waals surface area contributed by atoms with E-state index in [1.54, 1.807) is 0 Å². The lowest BCUT2D eigenvalue weighted by molar-refractivity contribution is -0.116. The second-order valence-electron chi connectivity index (χ2n) is 4.87. The summed E-state index contributed by atoms with van der Waals surface area (Å²) in [6.07, 6.45) is 2.77. The Balaban J connectivity index is 1.71. The number of nitrogens with two attached hydrogens (primary N) is 1. The van der Waals surface area contributed by atoms with Crippen molar-refractivity contribution in [3.05, 3.63) is 30.3 Å². The number of rotatable bonds is 4. The van der Waals surface area contributed by atoms with E-state index in [1.165, 1.54) is 0 Å². The fourth-order valence-electron chi connectivity index (χ4n) is 2.30. The molecule has 1 aromatic carbocycles. The fourth-order valence-corrected chi connectivity index (χ4v) is 2.30. The number of likely N-dealkylation sites (tertiary alicyclic amines) is 1. The minimum Gasteiger partial charge on any atom is -0.327 e. The molecule has 2 rings (SSSR count). The average Bonchev–Trinajstić information content (AvgIpc) is 2.38. The Labute approximate surface area is 108 Å². The molecule has 1 aliphatic rings. The average molecular weight is 247 g/mol. The molecule has 4 nitrogen and oxygen atoms in total. The Morgan fingerprint density at radius 1 is 1.39 bits per heavy atom. The summed E-state index contributed by atoms with van der Waals surface area (Å²) in [6.45, 7) is 2.78. The summed E-state index contributed by atoms with van der Waals surface area (Å²) >= 11 is 0. The Kier molecular flexibility index (Phi) is 4.73. The summed E-state index contributed by atoms with van der Waals surface area (Å²) in [6, 6.07) is 9.84. The maximum atomic E-state index is 11.8. The third-order valence-corrected chi connectivity index (χ3v) is 3.25. The molecule has 1 unspecified atom stereocenters. The number of carbonyl (C=O) groups excluding carboxylic acids is 1. The van der Waals surface area contributed by atoms with Gasteiger partial charge in [-0.3, -0.25) is 4.79 Å². The van der Waals surface area contributed by atoms with Gasteiger partial charge in [0.2, 0.25) is 5.91 Å². The molecule has 1 heterocycles. The predicted molar refractivity (Wildman–Crippen MR) is 73.3 cm³/mol. The number of nitrogens with one attached hydrogen (secondary N) is 1. The summed E-state index contributed by atoms with van der Waals surface area (Å²) in [5.41, 5.74) is 6.77. The molecule has 1 fully saturated rings. The topological polar surface area (TPSA) is 58.4 Å². The molecule has 98 valence electrons. The first-order chi connectivity index (χ1) is 8.74. The quantitative estimate of drug-likeness (QED) is 0.846. The minimum absolute atomic E-state index is 0.0698. The van der Waals surface area contributed by atoms with Crippen LogP contribution in [0.2, 0.25) is 0 Å². The van der Waals surface area contributed by atoms with Crippen molar-refractivity contribution in [1.82, 2.24) is 4.90 Å². The Bertz CT molecular complexity index is 380. The lowest BCUT2D eigenvalue weighted by Gasteiger charge is -2.30. The first-order valence-corrected chi connectivity index (χ1v) is 6.57. The molecule has 1 aliphatic heterocycles. The number of nitrogens with zero attached hydrogens (tertiary/aromatic N) is 1. The van der Waals surface area contributed by atoms with Gasteiger partial charge in [0.05, 0.1) is 0 Å². The Hall–Kier alpha value is -1.39. The minimum atomic E-state index is 0.0698. The van der Waals surface area contributed by atoms with Gasteiger partial charge in [0.1, 0.15) is 0 Å². The van der Waals surface area contributed by atoms with Crippen LogP contribution in [-0.4, -0.2) is 36.5 Å². The van der Waals surface area contributed by atoms with E-state index in [0.29, 0.717) is 6.42 Å². The first-order valence-electron chi connectivity index (χ1n) is 6.57. The first kappa shape index (κ1) is 13.1. The highest BCUT2D eigenvalue weighted by Gasteiger charge is 2.16. The van der Waals surface area contributed by atoms with Gasteiger partial charge in [0.25, 0.3) is 0 Å². The van der Waals surface area contributed by atoms with Gasteiger partial charge in [-0.1, -0.05) is 18.2 Å². The summed E-state index contributed by atoms with van der Waals surface area (Å²) in [5, 5.41) is 2.90. The van der Waals surface area contributed by atoms with Crippen LogP contribution in [0.5, 0.6) is 0 Å². The third-order valence-electron chi connectivity index (χ3n) is 3.25. The van der Waals surface area contributed by atoms with Crippen LogP contribution in [0, 0.1) is 0 Å². The molecule has 1 saturated heterocycles. The van der Waals surface area contributed by atoms with E-state index in [1.807, 2.05) is 30.3 Å². The molecule has 18 heavy (non-hydrogen) atoms. The van der Waals surface area contributed by atoms with Crippen molar-refractivity contribution in [2.75, 3.05) is 25.0 Å². The second-order valence-corrected chi connectivity index (χ2v) is 4.87. The molecule has 1 atom stereocenters. The van der Waals surface area contributed by atoms with E-state index in [2.05, 4.69) is 10.2 Å². The molecule has 0 radical (unpaired) electrons. The van der Waals surface area contributed by atoms with E-state index in [4.69, 9.17) is 5.73 Å². The molecule has 0 aliphatic carbocycles. The van der Waals surface area contributed by atoms with Crippen LogP contribution >= 0.6 is 0 Å². The largest absolute Gasteiger partial charge is 0.327 e. The van der Waals surface area contributed by atoms with Crippen LogP contribution in [0.15, 0.2) is 30.3 Å². The van der Waals surface area contributed by atoms with Gasteiger partial charge in [-0.15, -0.1) is 0 Å². The van der Waals surface area contributed by atoms with E-state index >= 15 is 0 Å². The number of hydrogen-bond acceptors (Lipinski definition) is 3. The zero-order valence-electron chi connectivity index (χ0n) is 10.6. The summed E-state index contributed by atoms with van der Waals surface area (Å²) < 4.78 is 0. The van der Waals surface area contributed by atoms with Crippen molar-refractivity contribution in [2.45, 2.75) is 25.3 Å². The number of piperidine rings is 1. The SMILES string of the molecule is NC1CCCN(CCC(=O)Nc2ccccc2)C1. The zero-order chi connectivity index (χ0) is 12.8. The number of carbonyl (C=O) groups is 1. The van der Waals surface area contributed by atoms with Gasteiger partial charge >= 0.3 is 0 Å². The monoisotopic (exact) mass is 247 g/mol. The normalized spacial score (nSPS) is 20.6. The van der Waals surface area contributed by atoms with Gasteiger partial charge in [0, 0.05) is 31.2 Å². The number of hydrogen-bond donors (Lipinski definition) is 2. The van der Waals surface area contributed by atoms with E-state index in [0.717, 1.165) is 38.2 Å². The van der Waals surface area contributed by atoms with Crippen molar-refractivity contribution >= 4 is 11.6 Å². The molecule has 1 amide bonds. The highest BCUT2D eigenvalue weighted by Crippen LogP contribution is 2.09. The predicted octanol–water partition coefficient (Wildman–Crippen LogP) is 1.44. The van der Waals surface area contributed by atoms with Crippen molar-refractivity contribution in [1.29, 1.82) is 0 Å². The van der Waals surface area contributed by atoms with E-state index in [-0.39, 0.29) is 11.9 Å². The molecule has 0 bridgehead atoms. The van der Waals surface area contributed by atoms with E-state index < -0.39 is 0 Å². The van der Waals surface area contributed by atoms with Gasteiger partial charge in [-0.05, 0) is 31.5 Å². The van der Waals surface area contributed by atoms with Gasteiger partial charge in [-0.2, -0.15) is 0 Å². The molecular weight excluding hydrogens is 226 g/mol. The number of benzene rings is 1. The van der Waals surface area contributed by atoms with Gasteiger partial charge < -0.3 is 16.0 Å². The molecule has 0 aromatic heterocycles. The molecule has 3 N–H and O–H groups in total. The highest BCUT2D eigenvalue weighted by atomic mass is 16.1. The molecule has 0 spiro atoms. The van der Waals surface area contributed by atoms with Crippen LogP contribution < -0.4 is 11.1 Å². The van der Waals surface area contributed by atoms with Gasteiger partial charge in [0.15, 0.2) is 0 Å². The van der Waals surface area contributed by atoms with Crippen LogP contribution in [0.1, 0.15) is 19.3 Å². The second kappa shape index (κ2) is 6.52. The maximum absolute atomic E-state index is 11.8. The van der Waals surface area contributed by atoms with Crippen LogP contribution in [0.25, 0.3) is 0 Å².